The summed E-state index contributed by atoms with van der Waals surface area (Å²) in [6.45, 7) is 3.60. The number of nitrogens with one attached hydrogen (secondary N) is 1. The highest BCUT2D eigenvalue weighted by atomic mass is 32.2. The van der Waals surface area contributed by atoms with Gasteiger partial charge in [-0.25, -0.2) is 8.42 Å². The van der Waals surface area contributed by atoms with E-state index in [0.29, 0.717) is 5.69 Å². The van der Waals surface area contributed by atoms with Crippen molar-refractivity contribution in [2.75, 3.05) is 5.32 Å². The third-order valence-corrected chi connectivity index (χ3v) is 5.28. The molecule has 1 heterocycles. The van der Waals surface area contributed by atoms with Crippen molar-refractivity contribution in [1.29, 1.82) is 5.26 Å². The topological polar surface area (TPSA) is 87.0 Å². The molecule has 94 valence electrons. The number of nitrogens with zero attached hydrogens (tertiary/aromatic N) is 1. The van der Waals surface area contributed by atoms with Crippen LogP contribution in [0.3, 0.4) is 0 Å². The molecule has 18 heavy (non-hydrogen) atoms. The molecule has 1 aromatic carbocycles. The Balaban J connectivity index is 2.70. The fourth-order valence-electron chi connectivity index (χ4n) is 1.97. The number of fused-ring (bicyclic) bond motifs is 1. The molecule has 1 atom stereocenters. The molecule has 1 aliphatic rings. The lowest BCUT2D eigenvalue weighted by Crippen LogP contribution is -2.40. The Kier molecular flexibility index (Phi) is 2.87. The maximum atomic E-state index is 12.3. The van der Waals surface area contributed by atoms with E-state index in [9.17, 15) is 13.2 Å². The summed E-state index contributed by atoms with van der Waals surface area (Å²) in [5.41, 5.74) is 1.98. The molecule has 1 aromatic rings. The fraction of sp³-hybridized carbons (Fsp3) is 0.333. The van der Waals surface area contributed by atoms with Gasteiger partial charge < -0.3 is 5.32 Å². The number of sulfone groups is 1. The summed E-state index contributed by atoms with van der Waals surface area (Å²) in [6.07, 6.45) is -0.333. The van der Waals surface area contributed by atoms with Gasteiger partial charge in [0.2, 0.25) is 5.91 Å². The van der Waals surface area contributed by atoms with Crippen LogP contribution in [0.1, 0.15) is 17.5 Å². The molecular formula is C12H12N2O3S. The van der Waals surface area contributed by atoms with E-state index in [4.69, 9.17) is 5.26 Å². The predicted molar refractivity (Wildman–Crippen MR) is 65.7 cm³/mol. The number of amides is 1. The lowest BCUT2D eigenvalue weighted by atomic mass is 10.1. The number of carbonyl (C=O) groups excluding carboxylic acids is 1. The molecule has 0 fully saturated rings. The van der Waals surface area contributed by atoms with Gasteiger partial charge in [-0.05, 0) is 31.0 Å². The molecule has 0 saturated carbocycles. The normalized spacial score (nSPS) is 20.7. The highest BCUT2D eigenvalue weighted by Crippen LogP contribution is 2.35. The highest BCUT2D eigenvalue weighted by Gasteiger charge is 2.40. The molecule has 0 saturated heterocycles. The van der Waals surface area contributed by atoms with Crippen LogP contribution in [-0.4, -0.2) is 19.6 Å². The van der Waals surface area contributed by atoms with E-state index in [1.54, 1.807) is 19.1 Å². The predicted octanol–water partition coefficient (Wildman–Crippen LogP) is 1.31. The zero-order valence-electron chi connectivity index (χ0n) is 10.0. The molecule has 0 aromatic heterocycles. The molecule has 0 spiro atoms. The Morgan fingerprint density at radius 2 is 2.06 bits per heavy atom. The van der Waals surface area contributed by atoms with Gasteiger partial charge >= 0.3 is 0 Å². The van der Waals surface area contributed by atoms with Gasteiger partial charge in [0.05, 0.1) is 23.1 Å². The molecule has 2 rings (SSSR count). The van der Waals surface area contributed by atoms with E-state index in [1.165, 1.54) is 6.07 Å². The van der Waals surface area contributed by atoms with E-state index in [1.807, 2.05) is 6.92 Å². The van der Waals surface area contributed by atoms with Crippen LogP contribution < -0.4 is 5.32 Å². The smallest absolute Gasteiger partial charge is 0.244 e. The van der Waals surface area contributed by atoms with Crippen LogP contribution in [0.5, 0.6) is 0 Å². The van der Waals surface area contributed by atoms with Gasteiger partial charge in [-0.1, -0.05) is 6.07 Å². The van der Waals surface area contributed by atoms with E-state index in [-0.39, 0.29) is 11.3 Å². The third kappa shape index (κ3) is 1.68. The lowest BCUT2D eigenvalue weighted by molar-refractivity contribution is -0.115. The number of benzene rings is 1. The summed E-state index contributed by atoms with van der Waals surface area (Å²) < 4.78 is 24.5. The van der Waals surface area contributed by atoms with Crippen LogP contribution in [-0.2, 0) is 14.6 Å². The maximum absolute atomic E-state index is 12.3. The van der Waals surface area contributed by atoms with Gasteiger partial charge in [-0.15, -0.1) is 0 Å². The van der Waals surface area contributed by atoms with E-state index in [0.717, 1.165) is 11.1 Å². The van der Waals surface area contributed by atoms with Crippen molar-refractivity contribution in [2.45, 2.75) is 30.4 Å². The lowest BCUT2D eigenvalue weighted by Gasteiger charge is -2.25. The first kappa shape index (κ1) is 12.6. The summed E-state index contributed by atoms with van der Waals surface area (Å²) in [7, 11) is -3.77. The molecule has 1 unspecified atom stereocenters. The Hall–Kier alpha value is -1.87. The van der Waals surface area contributed by atoms with Crippen LogP contribution in [0.2, 0.25) is 0 Å². The Labute approximate surface area is 105 Å². The van der Waals surface area contributed by atoms with Crippen molar-refractivity contribution in [2.24, 2.45) is 0 Å². The molecule has 1 aliphatic heterocycles. The number of aryl methyl sites for hydroxylation is 1. The van der Waals surface area contributed by atoms with Gasteiger partial charge in [0, 0.05) is 0 Å². The number of nitriles is 1. The van der Waals surface area contributed by atoms with Crippen molar-refractivity contribution < 1.29 is 13.2 Å². The second-order valence-electron chi connectivity index (χ2n) is 4.27. The average molecular weight is 264 g/mol. The van der Waals surface area contributed by atoms with Gasteiger partial charge in [0.15, 0.2) is 15.1 Å². The fourth-order valence-corrected chi connectivity index (χ4v) is 3.65. The number of anilines is 1. The summed E-state index contributed by atoms with van der Waals surface area (Å²) in [5.74, 6) is -0.627. The first-order chi connectivity index (χ1) is 8.39. The van der Waals surface area contributed by atoms with Gasteiger partial charge in [-0.2, -0.15) is 5.26 Å². The first-order valence-electron chi connectivity index (χ1n) is 5.41. The molecule has 1 amide bonds. The van der Waals surface area contributed by atoms with Crippen LogP contribution in [0, 0.1) is 25.2 Å². The SMILES string of the molecule is Cc1ccc2c(c1C)NC(=O)C(CC#N)S2(=O)=O. The number of carbonyl (C=O) groups is 1. The van der Waals surface area contributed by atoms with Crippen molar-refractivity contribution >= 4 is 21.4 Å². The minimum atomic E-state index is -3.77. The standard InChI is InChI=1S/C12H12N2O3S/c1-7-3-4-9-11(8(7)2)14-12(15)10(5-6-13)18(9,16)17/h3-4,10H,5H2,1-2H3,(H,14,15). The molecule has 1 N–H and O–H groups in total. The number of hydrogen-bond acceptors (Lipinski definition) is 4. The summed E-state index contributed by atoms with van der Waals surface area (Å²) >= 11 is 0. The van der Waals surface area contributed by atoms with Crippen molar-refractivity contribution in [3.63, 3.8) is 0 Å². The highest BCUT2D eigenvalue weighted by molar-refractivity contribution is 7.93. The maximum Gasteiger partial charge on any atom is 0.244 e. The van der Waals surface area contributed by atoms with Crippen molar-refractivity contribution in [3.8, 4) is 6.07 Å². The first-order valence-corrected chi connectivity index (χ1v) is 6.96. The number of rotatable bonds is 1. The third-order valence-electron chi connectivity index (χ3n) is 3.20. The Morgan fingerprint density at radius 1 is 1.39 bits per heavy atom. The van der Waals surface area contributed by atoms with Crippen molar-refractivity contribution in [3.05, 3.63) is 23.3 Å². The minimum Gasteiger partial charge on any atom is -0.324 e. The van der Waals surface area contributed by atoms with Crippen LogP contribution >= 0.6 is 0 Å². The Bertz CT molecular complexity index is 671. The van der Waals surface area contributed by atoms with Gasteiger partial charge in [0.25, 0.3) is 0 Å². The van der Waals surface area contributed by atoms with E-state index >= 15 is 0 Å². The summed E-state index contributed by atoms with van der Waals surface area (Å²) in [5, 5.41) is 9.90. The van der Waals surface area contributed by atoms with Crippen LogP contribution in [0.15, 0.2) is 17.0 Å². The van der Waals surface area contributed by atoms with Crippen molar-refractivity contribution in [1.82, 2.24) is 0 Å². The zero-order chi connectivity index (χ0) is 13.5. The molecule has 0 radical (unpaired) electrons. The molecule has 5 nitrogen and oxygen atoms in total. The zero-order valence-corrected chi connectivity index (χ0v) is 10.8. The second-order valence-corrected chi connectivity index (χ2v) is 6.36. The average Bonchev–Trinajstić information content (AvgIpc) is 2.30. The van der Waals surface area contributed by atoms with Crippen LogP contribution in [0.25, 0.3) is 0 Å². The summed E-state index contributed by atoms with van der Waals surface area (Å²) in [6, 6.07) is 4.92. The van der Waals surface area contributed by atoms with Gasteiger partial charge in [0.1, 0.15) is 0 Å². The summed E-state index contributed by atoms with van der Waals surface area (Å²) in [4.78, 5) is 11.9. The Morgan fingerprint density at radius 3 is 2.67 bits per heavy atom. The van der Waals surface area contributed by atoms with Gasteiger partial charge in [-0.3, -0.25) is 4.79 Å². The molecular weight excluding hydrogens is 252 g/mol. The molecule has 0 bridgehead atoms. The van der Waals surface area contributed by atoms with Crippen LogP contribution in [0.4, 0.5) is 5.69 Å². The van der Waals surface area contributed by atoms with E-state index < -0.39 is 21.0 Å². The molecule has 0 aliphatic carbocycles. The monoisotopic (exact) mass is 264 g/mol. The quantitative estimate of drug-likeness (QED) is 0.828. The number of hydrogen-bond donors (Lipinski definition) is 1. The van der Waals surface area contributed by atoms with E-state index in [2.05, 4.69) is 5.32 Å². The second kappa shape index (κ2) is 4.10. The molecule has 6 heteroatoms. The largest absolute Gasteiger partial charge is 0.324 e. The minimum absolute atomic E-state index is 0.102.